The van der Waals surface area contributed by atoms with E-state index in [4.69, 9.17) is 10.9 Å². The number of piperidine rings is 1. The van der Waals surface area contributed by atoms with E-state index in [1.807, 2.05) is 4.90 Å². The smallest absolute Gasteiger partial charge is 0.236 e. The van der Waals surface area contributed by atoms with Gasteiger partial charge in [0, 0.05) is 12.6 Å². The van der Waals surface area contributed by atoms with E-state index < -0.39 is 5.41 Å². The van der Waals surface area contributed by atoms with E-state index in [1.54, 1.807) is 0 Å². The standard InChI is InChI=1S/C13H21N3O2/c14-11(15-18)13(5-1-2-6-13)12(17)16-8-9-3-4-10(16)7-9/h9-10,18H,1-8H2,(H2,14,15). The fraction of sp³-hybridized carbons (Fsp3) is 0.846. The number of likely N-dealkylation sites (tertiary alicyclic amines) is 1. The Morgan fingerprint density at radius 1 is 1.33 bits per heavy atom. The first-order chi connectivity index (χ1) is 8.67. The number of carbonyl (C=O) groups is 1. The maximum absolute atomic E-state index is 12.8. The van der Waals surface area contributed by atoms with Crippen molar-refractivity contribution >= 4 is 11.7 Å². The van der Waals surface area contributed by atoms with Gasteiger partial charge in [0.15, 0.2) is 5.84 Å². The van der Waals surface area contributed by atoms with Gasteiger partial charge in [-0.3, -0.25) is 4.79 Å². The highest BCUT2D eigenvalue weighted by atomic mass is 16.4. The van der Waals surface area contributed by atoms with E-state index in [2.05, 4.69) is 5.16 Å². The zero-order valence-electron chi connectivity index (χ0n) is 10.6. The molecule has 0 aromatic heterocycles. The van der Waals surface area contributed by atoms with Crippen LogP contribution < -0.4 is 5.73 Å². The lowest BCUT2D eigenvalue weighted by Crippen LogP contribution is -2.52. The SMILES string of the molecule is N/C(=N/O)C1(C(=O)N2CC3CCC2C3)CCCC1. The lowest BCUT2D eigenvalue weighted by Gasteiger charge is -2.35. The van der Waals surface area contributed by atoms with Crippen LogP contribution >= 0.6 is 0 Å². The number of amides is 1. The number of nitrogens with two attached hydrogens (primary N) is 1. The Bertz CT molecular complexity index is 388. The molecule has 3 aliphatic rings. The van der Waals surface area contributed by atoms with Gasteiger partial charge in [0.05, 0.1) is 0 Å². The molecule has 2 aliphatic carbocycles. The first kappa shape index (κ1) is 11.8. The first-order valence-electron chi connectivity index (χ1n) is 6.96. The van der Waals surface area contributed by atoms with Crippen molar-refractivity contribution in [3.63, 3.8) is 0 Å². The van der Waals surface area contributed by atoms with Crippen molar-refractivity contribution in [2.75, 3.05) is 6.54 Å². The molecule has 5 heteroatoms. The van der Waals surface area contributed by atoms with Crippen LogP contribution in [0.15, 0.2) is 5.16 Å². The molecule has 0 aromatic rings. The predicted molar refractivity (Wildman–Crippen MR) is 67.2 cm³/mol. The van der Waals surface area contributed by atoms with Gasteiger partial charge >= 0.3 is 0 Å². The van der Waals surface area contributed by atoms with Gasteiger partial charge in [-0.2, -0.15) is 0 Å². The number of hydrogen-bond donors (Lipinski definition) is 2. The summed E-state index contributed by atoms with van der Waals surface area (Å²) in [6.45, 7) is 0.879. The minimum absolute atomic E-state index is 0.113. The summed E-state index contributed by atoms with van der Waals surface area (Å²) >= 11 is 0. The molecular formula is C13H21N3O2. The van der Waals surface area contributed by atoms with Crippen LogP contribution in [-0.2, 0) is 4.79 Å². The second-order valence-corrected chi connectivity index (χ2v) is 6.06. The summed E-state index contributed by atoms with van der Waals surface area (Å²) in [5.41, 5.74) is 5.12. The Balaban J connectivity index is 1.85. The van der Waals surface area contributed by atoms with Crippen LogP contribution in [0.2, 0.25) is 0 Å². The fourth-order valence-corrected chi connectivity index (χ4v) is 4.10. The maximum atomic E-state index is 12.8. The molecule has 1 aliphatic heterocycles. The van der Waals surface area contributed by atoms with Crippen LogP contribution in [0, 0.1) is 11.3 Å². The molecule has 2 unspecified atom stereocenters. The average Bonchev–Trinajstić information content (AvgIpc) is 3.12. The Labute approximate surface area is 107 Å². The van der Waals surface area contributed by atoms with Crippen molar-refractivity contribution in [3.8, 4) is 0 Å². The van der Waals surface area contributed by atoms with E-state index in [0.717, 1.165) is 45.1 Å². The van der Waals surface area contributed by atoms with Gasteiger partial charge in [-0.25, -0.2) is 0 Å². The number of carbonyl (C=O) groups excluding carboxylic acids is 1. The van der Waals surface area contributed by atoms with E-state index in [9.17, 15) is 4.79 Å². The lowest BCUT2D eigenvalue weighted by molar-refractivity contribution is -0.140. The normalized spacial score (nSPS) is 34.2. The third kappa shape index (κ3) is 1.52. The molecule has 18 heavy (non-hydrogen) atoms. The number of oxime groups is 1. The quantitative estimate of drug-likeness (QED) is 0.336. The molecule has 1 saturated heterocycles. The molecule has 3 rings (SSSR count). The summed E-state index contributed by atoms with van der Waals surface area (Å²) < 4.78 is 0. The molecule has 0 radical (unpaired) electrons. The van der Waals surface area contributed by atoms with Crippen LogP contribution in [0.25, 0.3) is 0 Å². The summed E-state index contributed by atoms with van der Waals surface area (Å²) in [7, 11) is 0. The van der Waals surface area contributed by atoms with Gasteiger partial charge in [-0.1, -0.05) is 18.0 Å². The van der Waals surface area contributed by atoms with Crippen molar-refractivity contribution < 1.29 is 10.0 Å². The Morgan fingerprint density at radius 2 is 2.06 bits per heavy atom. The van der Waals surface area contributed by atoms with E-state index in [0.29, 0.717) is 12.0 Å². The van der Waals surface area contributed by atoms with Gasteiger partial charge in [0.2, 0.25) is 5.91 Å². The number of nitrogens with zero attached hydrogens (tertiary/aromatic N) is 2. The van der Waals surface area contributed by atoms with Crippen LogP contribution in [0.4, 0.5) is 0 Å². The molecule has 3 fully saturated rings. The van der Waals surface area contributed by atoms with Crippen molar-refractivity contribution in [1.82, 2.24) is 4.90 Å². The predicted octanol–water partition coefficient (Wildman–Crippen LogP) is 1.30. The molecule has 0 aromatic carbocycles. The molecule has 5 nitrogen and oxygen atoms in total. The minimum Gasteiger partial charge on any atom is -0.409 e. The van der Waals surface area contributed by atoms with Crippen molar-refractivity contribution in [2.24, 2.45) is 22.2 Å². The summed E-state index contributed by atoms with van der Waals surface area (Å²) in [5, 5.41) is 12.1. The minimum atomic E-state index is -0.709. The molecule has 3 N–H and O–H groups in total. The highest BCUT2D eigenvalue weighted by molar-refractivity contribution is 6.07. The van der Waals surface area contributed by atoms with E-state index in [-0.39, 0.29) is 11.7 Å². The fourth-order valence-electron chi connectivity index (χ4n) is 4.10. The summed E-state index contributed by atoms with van der Waals surface area (Å²) in [4.78, 5) is 14.8. The highest BCUT2D eigenvalue weighted by Gasteiger charge is 2.51. The van der Waals surface area contributed by atoms with Gasteiger partial charge in [-0.05, 0) is 38.0 Å². The Morgan fingerprint density at radius 3 is 2.56 bits per heavy atom. The second-order valence-electron chi connectivity index (χ2n) is 6.06. The average molecular weight is 251 g/mol. The number of hydrogen-bond acceptors (Lipinski definition) is 3. The van der Waals surface area contributed by atoms with Crippen LogP contribution in [0.5, 0.6) is 0 Å². The molecule has 2 saturated carbocycles. The molecular weight excluding hydrogens is 230 g/mol. The van der Waals surface area contributed by atoms with Gasteiger partial charge in [0.1, 0.15) is 5.41 Å². The monoisotopic (exact) mass is 251 g/mol. The summed E-state index contributed by atoms with van der Waals surface area (Å²) in [5.74, 6) is 0.917. The third-order valence-corrected chi connectivity index (χ3v) is 5.13. The third-order valence-electron chi connectivity index (χ3n) is 5.13. The van der Waals surface area contributed by atoms with Gasteiger partial charge in [0.25, 0.3) is 0 Å². The molecule has 0 spiro atoms. The number of rotatable bonds is 2. The lowest BCUT2D eigenvalue weighted by atomic mass is 9.82. The first-order valence-corrected chi connectivity index (χ1v) is 6.96. The van der Waals surface area contributed by atoms with Crippen LogP contribution in [-0.4, -0.2) is 34.4 Å². The maximum Gasteiger partial charge on any atom is 0.236 e. The molecule has 2 bridgehead atoms. The summed E-state index contributed by atoms with van der Waals surface area (Å²) in [6.07, 6.45) is 6.98. The summed E-state index contributed by atoms with van der Waals surface area (Å²) in [6, 6.07) is 0.409. The van der Waals surface area contributed by atoms with Crippen molar-refractivity contribution in [1.29, 1.82) is 0 Å². The number of amidine groups is 1. The molecule has 1 amide bonds. The van der Waals surface area contributed by atoms with Crippen LogP contribution in [0.3, 0.4) is 0 Å². The van der Waals surface area contributed by atoms with Crippen molar-refractivity contribution in [3.05, 3.63) is 0 Å². The van der Waals surface area contributed by atoms with Gasteiger partial charge in [-0.15, -0.1) is 0 Å². The Kier molecular flexibility index (Phi) is 2.72. The van der Waals surface area contributed by atoms with Crippen molar-refractivity contribution in [2.45, 2.75) is 51.0 Å². The zero-order chi connectivity index (χ0) is 12.8. The Hall–Kier alpha value is -1.26. The second kappa shape index (κ2) is 4.14. The van der Waals surface area contributed by atoms with Crippen LogP contribution in [0.1, 0.15) is 44.9 Å². The molecule has 1 heterocycles. The topological polar surface area (TPSA) is 78.9 Å². The highest BCUT2D eigenvalue weighted by Crippen LogP contribution is 2.45. The zero-order valence-corrected chi connectivity index (χ0v) is 10.6. The van der Waals surface area contributed by atoms with E-state index in [1.165, 1.54) is 6.42 Å². The van der Waals surface area contributed by atoms with Gasteiger partial charge < -0.3 is 15.8 Å². The molecule has 2 atom stereocenters. The van der Waals surface area contributed by atoms with E-state index >= 15 is 0 Å². The largest absolute Gasteiger partial charge is 0.409 e. The number of fused-ring (bicyclic) bond motifs is 2. The molecule has 100 valence electrons.